The van der Waals surface area contributed by atoms with Crippen molar-refractivity contribution in [1.82, 2.24) is 9.80 Å². The van der Waals surface area contributed by atoms with Crippen LogP contribution >= 0.6 is 0 Å². The summed E-state index contributed by atoms with van der Waals surface area (Å²) in [5.41, 5.74) is 2.16. The summed E-state index contributed by atoms with van der Waals surface area (Å²) in [5, 5.41) is 24.2. The van der Waals surface area contributed by atoms with Crippen molar-refractivity contribution in [2.24, 2.45) is 5.92 Å². The van der Waals surface area contributed by atoms with Gasteiger partial charge in [-0.25, -0.2) is 9.59 Å². The highest BCUT2D eigenvalue weighted by molar-refractivity contribution is 6.27. The molecule has 0 radical (unpaired) electrons. The number of carbonyl (C=O) groups is 3. The van der Waals surface area contributed by atoms with Crippen LogP contribution < -0.4 is 14.2 Å². The molecule has 11 heteroatoms. The lowest BCUT2D eigenvalue weighted by atomic mass is 9.94. The monoisotopic (exact) mass is 532 g/mol. The lowest BCUT2D eigenvalue weighted by Crippen LogP contribution is -2.43. The maximum absolute atomic E-state index is 13.1. The van der Waals surface area contributed by atoms with E-state index in [0.717, 1.165) is 43.6 Å². The van der Waals surface area contributed by atoms with Crippen molar-refractivity contribution >= 4 is 17.8 Å². The molecule has 0 saturated carbocycles. The van der Waals surface area contributed by atoms with Gasteiger partial charge in [0, 0.05) is 25.6 Å². The van der Waals surface area contributed by atoms with E-state index in [1.165, 1.54) is 0 Å². The Morgan fingerprint density at radius 3 is 1.89 bits per heavy atom. The van der Waals surface area contributed by atoms with Crippen molar-refractivity contribution in [3.63, 3.8) is 0 Å². The first kappa shape index (κ1) is 30.4. The molecule has 0 aliphatic carbocycles. The topological polar surface area (TPSA) is 146 Å². The minimum absolute atomic E-state index is 0.0125. The number of carboxylic acid groups (broad SMARTS) is 2. The zero-order valence-electron chi connectivity index (χ0n) is 22.0. The van der Waals surface area contributed by atoms with Gasteiger partial charge in [-0.2, -0.15) is 0 Å². The van der Waals surface area contributed by atoms with E-state index in [-0.39, 0.29) is 18.4 Å². The predicted molar refractivity (Wildman–Crippen MR) is 138 cm³/mol. The van der Waals surface area contributed by atoms with Crippen molar-refractivity contribution < 1.29 is 43.9 Å². The highest BCUT2D eigenvalue weighted by Gasteiger charge is 2.29. The number of carboxylic acids is 2. The van der Waals surface area contributed by atoms with Gasteiger partial charge in [-0.3, -0.25) is 9.69 Å². The molecule has 1 amide bonds. The molecule has 1 heterocycles. The molecular weight excluding hydrogens is 496 g/mol. The van der Waals surface area contributed by atoms with Crippen molar-refractivity contribution in [2.75, 3.05) is 47.6 Å². The van der Waals surface area contributed by atoms with Gasteiger partial charge in [0.15, 0.2) is 11.5 Å². The minimum Gasteiger partial charge on any atom is -0.493 e. The van der Waals surface area contributed by atoms with Crippen LogP contribution in [0.15, 0.2) is 42.5 Å². The van der Waals surface area contributed by atoms with Crippen molar-refractivity contribution in [1.29, 1.82) is 0 Å². The fraction of sp³-hybridized carbons (Fsp3) is 0.444. The quantitative estimate of drug-likeness (QED) is 0.389. The Kier molecular flexibility index (Phi) is 12.3. The van der Waals surface area contributed by atoms with Gasteiger partial charge in [-0.05, 0) is 49.2 Å². The number of likely N-dealkylation sites (tertiary alicyclic amines) is 1. The number of carbonyl (C=O) groups excluding carboxylic acids is 1. The number of hydrogen-bond donors (Lipinski definition) is 3. The van der Waals surface area contributed by atoms with Crippen LogP contribution in [0.2, 0.25) is 0 Å². The minimum atomic E-state index is -1.82. The van der Waals surface area contributed by atoms with Gasteiger partial charge in [0.1, 0.15) is 0 Å². The summed E-state index contributed by atoms with van der Waals surface area (Å²) in [5.74, 6) is -1.65. The van der Waals surface area contributed by atoms with E-state index in [1.807, 2.05) is 42.5 Å². The van der Waals surface area contributed by atoms with Crippen LogP contribution in [0.1, 0.15) is 24.0 Å². The normalized spacial score (nSPS) is 13.6. The molecule has 1 fully saturated rings. The molecule has 3 N–H and O–H groups in total. The van der Waals surface area contributed by atoms with Crippen LogP contribution in [-0.2, 0) is 27.5 Å². The Morgan fingerprint density at radius 2 is 1.45 bits per heavy atom. The fourth-order valence-electron chi connectivity index (χ4n) is 4.27. The summed E-state index contributed by atoms with van der Waals surface area (Å²) in [7, 11) is 4.83. The number of aliphatic hydroxyl groups excluding tert-OH is 1. The van der Waals surface area contributed by atoms with E-state index in [4.69, 9.17) is 34.0 Å². The van der Waals surface area contributed by atoms with Gasteiger partial charge in [0.25, 0.3) is 0 Å². The highest BCUT2D eigenvalue weighted by atomic mass is 16.5. The molecule has 1 saturated heterocycles. The van der Waals surface area contributed by atoms with E-state index in [9.17, 15) is 9.90 Å². The Hall–Kier alpha value is -3.83. The van der Waals surface area contributed by atoms with E-state index < -0.39 is 11.9 Å². The highest BCUT2D eigenvalue weighted by Crippen LogP contribution is 2.38. The third-order valence-corrected chi connectivity index (χ3v) is 6.15. The molecule has 1 aliphatic rings. The third kappa shape index (κ3) is 8.93. The number of ether oxygens (including phenoxy) is 3. The van der Waals surface area contributed by atoms with Gasteiger partial charge in [-0.1, -0.05) is 30.3 Å². The summed E-state index contributed by atoms with van der Waals surface area (Å²) in [6, 6.07) is 13.9. The van der Waals surface area contributed by atoms with Gasteiger partial charge in [0.05, 0.1) is 27.9 Å². The number of piperidine rings is 1. The first-order valence-electron chi connectivity index (χ1n) is 12.1. The fourth-order valence-corrected chi connectivity index (χ4v) is 4.27. The Bertz CT molecular complexity index is 1020. The number of methoxy groups -OCH3 is 3. The largest absolute Gasteiger partial charge is 0.493 e. The molecule has 1 aliphatic heterocycles. The maximum Gasteiger partial charge on any atom is 0.414 e. The van der Waals surface area contributed by atoms with E-state index in [2.05, 4.69) is 4.90 Å². The number of rotatable bonds is 10. The second-order valence-electron chi connectivity index (χ2n) is 8.66. The summed E-state index contributed by atoms with van der Waals surface area (Å²) < 4.78 is 16.3. The van der Waals surface area contributed by atoms with Crippen LogP contribution in [0.3, 0.4) is 0 Å². The summed E-state index contributed by atoms with van der Waals surface area (Å²) in [6.45, 7) is 3.29. The van der Waals surface area contributed by atoms with Crippen molar-refractivity contribution in [3.8, 4) is 17.2 Å². The molecule has 2 aromatic rings. The van der Waals surface area contributed by atoms with Crippen LogP contribution in [0.4, 0.5) is 0 Å². The second kappa shape index (κ2) is 15.4. The smallest absolute Gasteiger partial charge is 0.414 e. The van der Waals surface area contributed by atoms with Crippen LogP contribution in [0.25, 0.3) is 0 Å². The Morgan fingerprint density at radius 1 is 0.895 bits per heavy atom. The van der Waals surface area contributed by atoms with Gasteiger partial charge < -0.3 is 34.4 Å². The first-order valence-corrected chi connectivity index (χ1v) is 12.1. The lowest BCUT2D eigenvalue weighted by molar-refractivity contribution is -0.159. The standard InChI is InChI=1S/C25H34N2O5.C2H2O4/c1-30-22-15-20(16-23(31-2)24(22)32-3)17-26-11-9-21(10-12-26)25(29)27(13-14-28)18-19-7-5-4-6-8-19;3-1(4)2(5)6/h4-8,15-16,21,28H,9-14,17-18H2,1-3H3;(H,3,4)(H,5,6). The SMILES string of the molecule is COc1cc(CN2CCC(C(=O)N(CCO)Cc3ccccc3)CC2)cc(OC)c1OC.O=C(O)C(=O)O. The second-order valence-corrected chi connectivity index (χ2v) is 8.66. The van der Waals surface area contributed by atoms with Gasteiger partial charge >= 0.3 is 11.9 Å². The maximum atomic E-state index is 13.1. The van der Waals surface area contributed by atoms with E-state index >= 15 is 0 Å². The molecule has 0 atom stereocenters. The number of hydrogen-bond acceptors (Lipinski definition) is 8. The molecule has 0 unspecified atom stereocenters. The molecule has 0 spiro atoms. The number of benzene rings is 2. The number of amides is 1. The van der Waals surface area contributed by atoms with Crippen LogP contribution in [0.5, 0.6) is 17.2 Å². The zero-order chi connectivity index (χ0) is 28.1. The van der Waals surface area contributed by atoms with Gasteiger partial charge in [0.2, 0.25) is 11.7 Å². The molecule has 208 valence electrons. The average molecular weight is 533 g/mol. The van der Waals surface area contributed by atoms with Crippen LogP contribution in [0, 0.1) is 5.92 Å². The molecule has 0 aromatic heterocycles. The average Bonchev–Trinajstić information content (AvgIpc) is 2.93. The molecule has 11 nitrogen and oxygen atoms in total. The summed E-state index contributed by atoms with van der Waals surface area (Å²) in [4.78, 5) is 35.5. The molecular formula is C27H36N2O9. The molecule has 2 aromatic carbocycles. The zero-order valence-corrected chi connectivity index (χ0v) is 22.0. The first-order chi connectivity index (χ1) is 18.2. The van der Waals surface area contributed by atoms with Crippen molar-refractivity contribution in [2.45, 2.75) is 25.9 Å². The molecule has 0 bridgehead atoms. The number of aliphatic hydroxyl groups is 1. The molecule has 38 heavy (non-hydrogen) atoms. The summed E-state index contributed by atoms with van der Waals surface area (Å²) >= 11 is 0. The predicted octanol–water partition coefficient (Wildman–Crippen LogP) is 2.10. The molecule has 3 rings (SSSR count). The van der Waals surface area contributed by atoms with Gasteiger partial charge in [-0.15, -0.1) is 0 Å². The van der Waals surface area contributed by atoms with Crippen LogP contribution in [-0.4, -0.2) is 90.5 Å². The Labute approximate surface area is 222 Å². The Balaban J connectivity index is 0.000000757. The number of aliphatic carboxylic acids is 2. The lowest BCUT2D eigenvalue weighted by Gasteiger charge is -2.34. The third-order valence-electron chi connectivity index (χ3n) is 6.15. The summed E-state index contributed by atoms with van der Waals surface area (Å²) in [6.07, 6.45) is 1.61. The number of nitrogens with zero attached hydrogens (tertiary/aromatic N) is 2. The van der Waals surface area contributed by atoms with E-state index in [0.29, 0.717) is 30.3 Å². The van der Waals surface area contributed by atoms with Crippen molar-refractivity contribution in [3.05, 3.63) is 53.6 Å². The van der Waals surface area contributed by atoms with E-state index in [1.54, 1.807) is 26.2 Å².